The van der Waals surface area contributed by atoms with Gasteiger partial charge in [-0.3, -0.25) is 0 Å². The van der Waals surface area contributed by atoms with Crippen LogP contribution in [0.1, 0.15) is 110 Å². The maximum atomic E-state index is 2.39. The molecule has 1 unspecified atom stereocenters. The molecule has 0 aromatic carbocycles. The van der Waals surface area contributed by atoms with Crippen LogP contribution in [-0.2, 0) is 0 Å². The molecule has 0 aliphatic heterocycles. The second-order valence-electron chi connectivity index (χ2n) is 7.06. The van der Waals surface area contributed by atoms with Crippen LogP contribution in [0.4, 0.5) is 0 Å². The van der Waals surface area contributed by atoms with Gasteiger partial charge in [-0.25, -0.2) is 0 Å². The summed E-state index contributed by atoms with van der Waals surface area (Å²) in [5, 5.41) is 0. The molecule has 0 heterocycles. The maximum Gasteiger partial charge on any atom is 0.00865 e. The summed E-state index contributed by atoms with van der Waals surface area (Å²) in [6.07, 6.45) is 21.6. The summed E-state index contributed by atoms with van der Waals surface area (Å²) in [6, 6.07) is 0.803. The van der Waals surface area contributed by atoms with E-state index in [0.717, 1.165) is 6.04 Å². The van der Waals surface area contributed by atoms with E-state index in [2.05, 4.69) is 32.8 Å². The molecule has 0 amide bonds. The van der Waals surface area contributed by atoms with E-state index in [1.165, 1.54) is 96.3 Å². The highest BCUT2D eigenvalue weighted by atomic mass is 15.1. The Morgan fingerprint density at radius 1 is 0.571 bits per heavy atom. The van der Waals surface area contributed by atoms with E-state index < -0.39 is 0 Å². The fourth-order valence-corrected chi connectivity index (χ4v) is 3.23. The third-order valence-electron chi connectivity index (χ3n) is 4.84. The van der Waals surface area contributed by atoms with Crippen LogP contribution in [0.5, 0.6) is 0 Å². The summed E-state index contributed by atoms with van der Waals surface area (Å²) < 4.78 is 0. The Hall–Kier alpha value is -0.0400. The van der Waals surface area contributed by atoms with Gasteiger partial charge in [-0.2, -0.15) is 0 Å². The first-order chi connectivity index (χ1) is 10.2. The van der Waals surface area contributed by atoms with Crippen molar-refractivity contribution in [1.29, 1.82) is 0 Å². The van der Waals surface area contributed by atoms with Crippen LogP contribution in [0.2, 0.25) is 0 Å². The van der Waals surface area contributed by atoms with Crippen molar-refractivity contribution >= 4 is 0 Å². The van der Waals surface area contributed by atoms with Crippen LogP contribution in [0, 0.1) is 0 Å². The van der Waals surface area contributed by atoms with Gasteiger partial charge in [-0.05, 0) is 26.9 Å². The minimum atomic E-state index is 0.803. The van der Waals surface area contributed by atoms with Gasteiger partial charge in [0.25, 0.3) is 0 Å². The van der Waals surface area contributed by atoms with E-state index in [4.69, 9.17) is 0 Å². The number of unbranched alkanes of at least 4 members (excludes halogenated alkanes) is 12. The molecule has 0 aliphatic rings. The summed E-state index contributed by atoms with van der Waals surface area (Å²) in [6.45, 7) is 4.61. The van der Waals surface area contributed by atoms with Gasteiger partial charge in [0.05, 0.1) is 0 Å². The van der Waals surface area contributed by atoms with Crippen molar-refractivity contribution in [3.63, 3.8) is 0 Å². The number of hydrogen-bond donors (Lipinski definition) is 0. The van der Waals surface area contributed by atoms with Gasteiger partial charge in [0.2, 0.25) is 0 Å². The van der Waals surface area contributed by atoms with Crippen LogP contribution in [0.15, 0.2) is 0 Å². The first kappa shape index (κ1) is 21.0. The lowest BCUT2D eigenvalue weighted by Crippen LogP contribution is -2.26. The molecule has 0 saturated carbocycles. The van der Waals surface area contributed by atoms with Crippen molar-refractivity contribution in [2.24, 2.45) is 0 Å². The van der Waals surface area contributed by atoms with Crippen LogP contribution < -0.4 is 0 Å². The Morgan fingerprint density at radius 2 is 0.952 bits per heavy atom. The first-order valence-corrected chi connectivity index (χ1v) is 9.88. The zero-order chi connectivity index (χ0) is 15.8. The highest BCUT2D eigenvalue weighted by Crippen LogP contribution is 2.14. The van der Waals surface area contributed by atoms with Gasteiger partial charge in [0.15, 0.2) is 0 Å². The molecule has 21 heavy (non-hydrogen) atoms. The highest BCUT2D eigenvalue weighted by Gasteiger charge is 2.07. The molecule has 1 nitrogen and oxygen atoms in total. The lowest BCUT2D eigenvalue weighted by molar-refractivity contribution is 0.264. The summed E-state index contributed by atoms with van der Waals surface area (Å²) in [5.74, 6) is 0. The Balaban J connectivity index is 3.12. The number of hydrogen-bond acceptors (Lipinski definition) is 1. The molecular weight excluding hydrogens is 254 g/mol. The van der Waals surface area contributed by atoms with Crippen LogP contribution in [0.3, 0.4) is 0 Å². The molecule has 0 rings (SSSR count). The molecular formula is C20H43N. The molecule has 0 aliphatic carbocycles. The molecule has 0 spiro atoms. The van der Waals surface area contributed by atoms with Crippen LogP contribution >= 0.6 is 0 Å². The van der Waals surface area contributed by atoms with Crippen molar-refractivity contribution in [2.75, 3.05) is 14.1 Å². The third kappa shape index (κ3) is 14.7. The zero-order valence-electron chi connectivity index (χ0n) is 15.6. The monoisotopic (exact) mass is 297 g/mol. The van der Waals surface area contributed by atoms with E-state index in [-0.39, 0.29) is 0 Å². The Labute approximate surface area is 135 Å². The average Bonchev–Trinajstić information content (AvgIpc) is 2.47. The van der Waals surface area contributed by atoms with Crippen molar-refractivity contribution < 1.29 is 0 Å². The van der Waals surface area contributed by atoms with E-state index in [1.54, 1.807) is 0 Å². The van der Waals surface area contributed by atoms with Gasteiger partial charge >= 0.3 is 0 Å². The highest BCUT2D eigenvalue weighted by molar-refractivity contribution is 4.63. The van der Waals surface area contributed by atoms with Crippen molar-refractivity contribution in [3.8, 4) is 0 Å². The summed E-state index contributed by atoms with van der Waals surface area (Å²) >= 11 is 0. The van der Waals surface area contributed by atoms with Crippen LogP contribution in [0.25, 0.3) is 0 Å². The van der Waals surface area contributed by atoms with Gasteiger partial charge < -0.3 is 4.90 Å². The standard InChI is InChI=1S/C20H43N/c1-5-7-8-9-10-11-12-13-14-15-16-17-18-19-20(6-2)21(3)4/h20H,5-19H2,1-4H3. The fraction of sp³-hybridized carbons (Fsp3) is 1.00. The molecule has 0 bridgehead atoms. The zero-order valence-corrected chi connectivity index (χ0v) is 15.6. The lowest BCUT2D eigenvalue weighted by Gasteiger charge is -2.22. The minimum Gasteiger partial charge on any atom is -0.306 e. The molecule has 0 aromatic heterocycles. The van der Waals surface area contributed by atoms with Crippen molar-refractivity contribution in [2.45, 2.75) is 116 Å². The van der Waals surface area contributed by atoms with E-state index in [0.29, 0.717) is 0 Å². The molecule has 128 valence electrons. The predicted octanol–water partition coefficient (Wildman–Crippen LogP) is 6.81. The third-order valence-corrected chi connectivity index (χ3v) is 4.84. The van der Waals surface area contributed by atoms with Gasteiger partial charge in [0.1, 0.15) is 0 Å². The maximum absolute atomic E-state index is 2.39. The summed E-state index contributed by atoms with van der Waals surface area (Å²) in [7, 11) is 4.44. The summed E-state index contributed by atoms with van der Waals surface area (Å²) in [4.78, 5) is 2.39. The van der Waals surface area contributed by atoms with Crippen molar-refractivity contribution in [1.82, 2.24) is 4.90 Å². The normalized spacial score (nSPS) is 13.0. The Kier molecular flexibility index (Phi) is 16.3. The fourth-order valence-electron chi connectivity index (χ4n) is 3.23. The van der Waals surface area contributed by atoms with E-state index >= 15 is 0 Å². The quantitative estimate of drug-likeness (QED) is 0.283. The number of rotatable bonds is 16. The van der Waals surface area contributed by atoms with Gasteiger partial charge in [0, 0.05) is 6.04 Å². The second-order valence-corrected chi connectivity index (χ2v) is 7.06. The predicted molar refractivity (Wildman–Crippen MR) is 98.1 cm³/mol. The SMILES string of the molecule is CCCCCCCCCCCCCCCC(CC)N(C)C. The molecule has 0 radical (unpaired) electrons. The molecule has 1 heteroatoms. The number of nitrogens with zero attached hydrogens (tertiary/aromatic N) is 1. The topological polar surface area (TPSA) is 3.24 Å². The Bertz CT molecular complexity index is 188. The first-order valence-electron chi connectivity index (χ1n) is 9.88. The molecule has 1 atom stereocenters. The smallest absolute Gasteiger partial charge is 0.00865 e. The summed E-state index contributed by atoms with van der Waals surface area (Å²) in [5.41, 5.74) is 0. The van der Waals surface area contributed by atoms with Gasteiger partial charge in [-0.1, -0.05) is 97.3 Å². The van der Waals surface area contributed by atoms with Crippen molar-refractivity contribution in [3.05, 3.63) is 0 Å². The molecule has 0 aromatic rings. The van der Waals surface area contributed by atoms with Crippen LogP contribution in [-0.4, -0.2) is 25.0 Å². The molecule has 0 saturated heterocycles. The second kappa shape index (κ2) is 16.3. The molecule has 0 fully saturated rings. The van der Waals surface area contributed by atoms with E-state index in [1.807, 2.05) is 0 Å². The minimum absolute atomic E-state index is 0.803. The molecule has 0 N–H and O–H groups in total. The Morgan fingerprint density at radius 3 is 1.29 bits per heavy atom. The lowest BCUT2D eigenvalue weighted by atomic mass is 10.0. The van der Waals surface area contributed by atoms with E-state index in [9.17, 15) is 0 Å². The average molecular weight is 298 g/mol. The van der Waals surface area contributed by atoms with Gasteiger partial charge in [-0.15, -0.1) is 0 Å². The largest absolute Gasteiger partial charge is 0.306 e.